The van der Waals surface area contributed by atoms with Crippen molar-refractivity contribution >= 4 is 54.5 Å². The van der Waals surface area contributed by atoms with Gasteiger partial charge in [0.1, 0.15) is 33.4 Å². The van der Waals surface area contributed by atoms with Crippen molar-refractivity contribution in [1.82, 2.24) is 9.97 Å². The Labute approximate surface area is 308 Å². The van der Waals surface area contributed by atoms with Gasteiger partial charge in [0.2, 0.25) is 5.28 Å². The molecule has 1 amide bonds. The van der Waals surface area contributed by atoms with Crippen LogP contribution in [0.2, 0.25) is 5.28 Å². The number of carbonyl (C=O) groups is 1. The fourth-order valence-electron chi connectivity index (χ4n) is 4.88. The minimum absolute atomic E-state index is 0.0152. The van der Waals surface area contributed by atoms with Gasteiger partial charge in [-0.25, -0.2) is 36.2 Å². The smallest absolute Gasteiger partial charge is 0.442 e. The Hall–Kier alpha value is -5.14. The van der Waals surface area contributed by atoms with Crippen molar-refractivity contribution in [3.63, 3.8) is 0 Å². The zero-order valence-corrected chi connectivity index (χ0v) is 31.1. The summed E-state index contributed by atoms with van der Waals surface area (Å²) >= 11 is 5.84. The number of sulfonamides is 1. The number of nitroso groups, excluding NO2 is 1. The number of nitrogens with zero attached hydrogens (tertiary/aromatic N) is 6. The average molecular weight is 795 g/mol. The number of unbranched alkanes of at least 4 members (excludes halogenated alkanes) is 1. The number of hydrogen-bond donors (Lipinski definition) is 0. The molecule has 1 aromatic heterocycles. The highest BCUT2D eigenvalue weighted by Gasteiger charge is 2.30. The molecule has 0 aliphatic rings. The minimum atomic E-state index is -4.67. The van der Waals surface area contributed by atoms with Gasteiger partial charge in [-0.3, -0.25) is 14.4 Å². The van der Waals surface area contributed by atoms with Gasteiger partial charge in [-0.1, -0.05) is 12.1 Å². The van der Waals surface area contributed by atoms with E-state index in [1.54, 1.807) is 20.8 Å². The van der Waals surface area contributed by atoms with Crippen molar-refractivity contribution in [1.29, 1.82) is 0 Å². The first-order valence-electron chi connectivity index (χ1n) is 15.6. The Morgan fingerprint density at radius 1 is 1.04 bits per heavy atom. The van der Waals surface area contributed by atoms with Gasteiger partial charge >= 0.3 is 6.09 Å². The first kappa shape index (κ1) is 40.6. The Morgan fingerprint density at radius 2 is 1.75 bits per heavy atom. The second-order valence-electron chi connectivity index (χ2n) is 12.5. The van der Waals surface area contributed by atoms with Gasteiger partial charge in [-0.05, 0) is 92.4 Å². The molecule has 0 aliphatic carbocycles. The highest BCUT2D eigenvalue weighted by Crippen LogP contribution is 2.35. The van der Waals surface area contributed by atoms with E-state index < -0.39 is 64.3 Å². The molecule has 3 aromatic carbocycles. The van der Waals surface area contributed by atoms with E-state index in [-0.39, 0.29) is 65.3 Å². The number of halogens is 3. The summed E-state index contributed by atoms with van der Waals surface area (Å²) < 4.78 is 86.3. The second kappa shape index (κ2) is 16.7. The molecule has 4 rings (SSSR count). The molecule has 0 spiro atoms. The van der Waals surface area contributed by atoms with Gasteiger partial charge in [-0.2, -0.15) is 0 Å². The average Bonchev–Trinajstić information content (AvgIpc) is 3.06. The van der Waals surface area contributed by atoms with Crippen LogP contribution in [0.15, 0.2) is 81.3 Å². The van der Waals surface area contributed by atoms with E-state index in [1.165, 1.54) is 42.7 Å². The number of rotatable bonds is 14. The van der Waals surface area contributed by atoms with Crippen molar-refractivity contribution in [2.24, 2.45) is 9.54 Å². The summed E-state index contributed by atoms with van der Waals surface area (Å²) in [6, 6.07) is 11.9. The van der Waals surface area contributed by atoms with Crippen LogP contribution in [-0.2, 0) is 30.2 Å². The quantitative estimate of drug-likeness (QED) is 0.0394. The second-order valence-corrected chi connectivity index (χ2v) is 17.0. The van der Waals surface area contributed by atoms with Crippen LogP contribution in [0.4, 0.5) is 30.6 Å². The number of ether oxygens (including phenoxy) is 2. The maximum Gasteiger partial charge on any atom is 0.442 e. The Bertz CT molecular complexity index is 2280. The fraction of sp³-hybridized carbons (Fsp3) is 0.303. The van der Waals surface area contributed by atoms with Gasteiger partial charge in [0.15, 0.2) is 5.82 Å². The van der Waals surface area contributed by atoms with E-state index in [0.29, 0.717) is 4.31 Å². The van der Waals surface area contributed by atoms with E-state index in [2.05, 4.69) is 19.5 Å². The SMILES string of the molecule is CC(C)(C)OC(=O)N=S(C)(=O)Cc1cc(OCCCCN(c2cc(-c3nc(Cl)ncc3F)ccc2F)S(=O)(=O)c2ccccc2N=O)cc([N+](=O)[O-])c1. The molecule has 15 nitrogen and oxygen atoms in total. The third-order valence-electron chi connectivity index (χ3n) is 7.02. The van der Waals surface area contributed by atoms with Crippen LogP contribution < -0.4 is 9.04 Å². The number of nitro benzene ring substituents is 1. The van der Waals surface area contributed by atoms with E-state index >= 15 is 4.39 Å². The third kappa shape index (κ3) is 10.9. The molecule has 0 fully saturated rings. The lowest BCUT2D eigenvalue weighted by Gasteiger charge is -2.26. The number of benzene rings is 3. The van der Waals surface area contributed by atoms with Crippen LogP contribution in [0.3, 0.4) is 0 Å². The molecular formula is C33H33ClF2N6O9S2. The van der Waals surface area contributed by atoms with Gasteiger partial charge in [0, 0.05) is 24.4 Å². The molecule has 0 bridgehead atoms. The summed E-state index contributed by atoms with van der Waals surface area (Å²) in [6.45, 7) is 4.34. The molecule has 0 radical (unpaired) electrons. The first-order chi connectivity index (χ1) is 24.8. The number of aromatic nitrogens is 2. The highest BCUT2D eigenvalue weighted by atomic mass is 35.5. The molecule has 1 unspecified atom stereocenters. The molecule has 53 heavy (non-hydrogen) atoms. The summed E-state index contributed by atoms with van der Waals surface area (Å²) in [7, 11) is -7.90. The molecule has 1 atom stereocenters. The van der Waals surface area contributed by atoms with Gasteiger partial charge < -0.3 is 9.47 Å². The van der Waals surface area contributed by atoms with Crippen LogP contribution in [0.25, 0.3) is 11.3 Å². The Kier molecular flexibility index (Phi) is 12.8. The van der Waals surface area contributed by atoms with Gasteiger partial charge in [0.25, 0.3) is 15.7 Å². The monoisotopic (exact) mass is 794 g/mol. The van der Waals surface area contributed by atoms with Crippen molar-refractivity contribution in [2.45, 2.75) is 49.9 Å². The van der Waals surface area contributed by atoms with Crippen LogP contribution in [-0.4, -0.2) is 58.6 Å². The minimum Gasteiger partial charge on any atom is -0.493 e. The van der Waals surface area contributed by atoms with Crippen molar-refractivity contribution < 1.29 is 40.6 Å². The van der Waals surface area contributed by atoms with Gasteiger partial charge in [0.05, 0.1) is 45.0 Å². The summed E-state index contributed by atoms with van der Waals surface area (Å²) in [6.07, 6.45) is 1.10. The number of nitro groups is 1. The lowest BCUT2D eigenvalue weighted by molar-refractivity contribution is -0.385. The zero-order chi connectivity index (χ0) is 39.1. The normalized spacial score (nSPS) is 12.7. The molecule has 20 heteroatoms. The summed E-state index contributed by atoms with van der Waals surface area (Å²) in [5.41, 5.74) is -2.35. The van der Waals surface area contributed by atoms with Crippen LogP contribution in [0.1, 0.15) is 39.2 Å². The largest absolute Gasteiger partial charge is 0.493 e. The molecule has 0 aliphatic heterocycles. The van der Waals surface area contributed by atoms with Crippen molar-refractivity contribution in [3.05, 3.63) is 104 Å². The fourth-order valence-corrected chi connectivity index (χ4v) is 7.84. The lowest BCUT2D eigenvalue weighted by atomic mass is 10.1. The van der Waals surface area contributed by atoms with Crippen molar-refractivity contribution in [2.75, 3.05) is 23.7 Å². The number of amides is 1. The van der Waals surface area contributed by atoms with E-state index in [4.69, 9.17) is 21.1 Å². The van der Waals surface area contributed by atoms with Crippen molar-refractivity contribution in [3.8, 4) is 17.0 Å². The Morgan fingerprint density at radius 3 is 2.43 bits per heavy atom. The molecule has 0 saturated heterocycles. The maximum absolute atomic E-state index is 15.5. The summed E-state index contributed by atoms with van der Waals surface area (Å²) in [5, 5.41) is 14.1. The Balaban J connectivity index is 1.59. The lowest BCUT2D eigenvalue weighted by Crippen LogP contribution is -2.33. The highest BCUT2D eigenvalue weighted by molar-refractivity contribution is 7.93. The van der Waals surface area contributed by atoms with E-state index in [1.807, 2.05) is 0 Å². The predicted octanol–water partition coefficient (Wildman–Crippen LogP) is 7.97. The molecule has 282 valence electrons. The standard InChI is InChI=1S/C33H33ClF2N6O9S2/c1-33(2,3)51-32(43)40-52(4,47)20-21-15-23(42(45)46)18-24(16-21)50-14-8-7-13-41(53(48,49)29-10-6-5-9-27(29)39-44)28-17-22(11-12-25(28)35)30-26(36)19-37-31(34)38-30/h5-6,9-12,15-19H,7-8,13-14,20H2,1-4H3. The molecule has 1 heterocycles. The topological polar surface area (TPSA) is 201 Å². The number of non-ortho nitro benzene ring substituents is 1. The van der Waals surface area contributed by atoms with Gasteiger partial charge in [-0.15, -0.1) is 9.27 Å². The first-order valence-corrected chi connectivity index (χ1v) is 19.5. The van der Waals surface area contributed by atoms with Crippen LogP contribution in [0.5, 0.6) is 5.75 Å². The number of anilines is 1. The van der Waals surface area contributed by atoms with Crippen LogP contribution >= 0.6 is 11.6 Å². The molecule has 0 saturated carbocycles. The summed E-state index contributed by atoms with van der Waals surface area (Å²) in [4.78, 5) is 41.5. The number of hydrogen-bond acceptors (Lipinski definition) is 12. The molecule has 0 N–H and O–H groups in total. The van der Waals surface area contributed by atoms with Crippen LogP contribution in [0, 0.1) is 26.7 Å². The summed E-state index contributed by atoms with van der Waals surface area (Å²) in [5.74, 6) is -2.23. The predicted molar refractivity (Wildman–Crippen MR) is 193 cm³/mol. The maximum atomic E-state index is 15.5. The molecule has 4 aromatic rings. The zero-order valence-electron chi connectivity index (χ0n) is 28.7. The molecular weight excluding hydrogens is 762 g/mol. The van der Waals surface area contributed by atoms with E-state index in [0.717, 1.165) is 30.5 Å². The number of carbonyl (C=O) groups excluding carboxylic acids is 1. The van der Waals surface area contributed by atoms with E-state index in [9.17, 15) is 36.8 Å². The third-order valence-corrected chi connectivity index (χ3v) is 10.5.